The largest absolute Gasteiger partial charge is 0.496 e. The third-order valence-electron chi connectivity index (χ3n) is 5.50. The number of H-pyrrole nitrogens is 1. The summed E-state index contributed by atoms with van der Waals surface area (Å²) in [5.74, 6) is 1.65. The lowest BCUT2D eigenvalue weighted by atomic mass is 9.82. The van der Waals surface area contributed by atoms with Crippen LogP contribution in [0.2, 0.25) is 0 Å². The smallest absolute Gasteiger partial charge is 0.122 e. The van der Waals surface area contributed by atoms with E-state index in [1.54, 1.807) is 7.11 Å². The lowest BCUT2D eigenvalue weighted by Gasteiger charge is -2.30. The third kappa shape index (κ3) is 3.44. The Kier molecular flexibility index (Phi) is 4.89. The molecule has 1 unspecified atom stereocenters. The minimum absolute atomic E-state index is 0.594. The molecule has 0 spiro atoms. The first-order chi connectivity index (χ1) is 12.7. The van der Waals surface area contributed by atoms with E-state index in [0.717, 1.165) is 42.7 Å². The Morgan fingerprint density at radius 1 is 1.19 bits per heavy atom. The minimum atomic E-state index is 0.594. The SMILES string of the molecule is COc1cccc2c1CCCC2CN(C)CCc1ccc2n[nH]nc2c1. The molecule has 0 radical (unpaired) electrons. The van der Waals surface area contributed by atoms with Gasteiger partial charge in [-0.15, -0.1) is 0 Å². The molecule has 0 aliphatic heterocycles. The van der Waals surface area contributed by atoms with Crippen molar-refractivity contribution in [1.29, 1.82) is 0 Å². The summed E-state index contributed by atoms with van der Waals surface area (Å²) in [6, 6.07) is 12.8. The van der Waals surface area contributed by atoms with Gasteiger partial charge >= 0.3 is 0 Å². The molecule has 0 amide bonds. The second-order valence-electron chi connectivity index (χ2n) is 7.28. The maximum Gasteiger partial charge on any atom is 0.122 e. The molecule has 0 bridgehead atoms. The predicted molar refractivity (Wildman–Crippen MR) is 104 cm³/mol. The standard InChI is InChI=1S/C21H26N4O/c1-25(12-11-15-9-10-19-20(13-15)23-24-22-19)14-16-5-3-7-18-17(16)6-4-8-21(18)26-2/h4,6,8-10,13,16H,3,5,7,11-12,14H2,1-2H3,(H,22,23,24). The number of likely N-dealkylation sites (N-methyl/N-ethyl adjacent to an activating group) is 1. The van der Waals surface area contributed by atoms with Gasteiger partial charge in [0.25, 0.3) is 0 Å². The summed E-state index contributed by atoms with van der Waals surface area (Å²) in [6.45, 7) is 2.13. The van der Waals surface area contributed by atoms with E-state index in [2.05, 4.69) is 57.7 Å². The summed E-state index contributed by atoms with van der Waals surface area (Å²) in [6.07, 6.45) is 4.67. The van der Waals surface area contributed by atoms with Crippen molar-refractivity contribution in [3.63, 3.8) is 0 Å². The third-order valence-corrected chi connectivity index (χ3v) is 5.50. The molecule has 4 rings (SSSR count). The Balaban J connectivity index is 1.40. The van der Waals surface area contributed by atoms with Gasteiger partial charge in [-0.25, -0.2) is 0 Å². The van der Waals surface area contributed by atoms with E-state index in [4.69, 9.17) is 4.74 Å². The Labute approximate surface area is 154 Å². The van der Waals surface area contributed by atoms with Crippen molar-refractivity contribution < 1.29 is 4.74 Å². The van der Waals surface area contributed by atoms with Crippen LogP contribution in [0.15, 0.2) is 36.4 Å². The van der Waals surface area contributed by atoms with Crippen LogP contribution >= 0.6 is 0 Å². The number of nitrogens with zero attached hydrogens (tertiary/aromatic N) is 3. The molecule has 3 aromatic rings. The van der Waals surface area contributed by atoms with E-state index in [-0.39, 0.29) is 0 Å². The zero-order valence-electron chi connectivity index (χ0n) is 15.5. The first kappa shape index (κ1) is 17.0. The molecule has 0 saturated carbocycles. The molecule has 0 fully saturated rings. The van der Waals surface area contributed by atoms with E-state index in [1.807, 2.05) is 6.07 Å². The van der Waals surface area contributed by atoms with Gasteiger partial charge in [0.05, 0.1) is 7.11 Å². The van der Waals surface area contributed by atoms with Crippen molar-refractivity contribution >= 4 is 11.0 Å². The van der Waals surface area contributed by atoms with E-state index in [0.29, 0.717) is 5.92 Å². The number of aromatic amines is 1. The van der Waals surface area contributed by atoms with Crippen molar-refractivity contribution in [2.24, 2.45) is 0 Å². The summed E-state index contributed by atoms with van der Waals surface area (Å²) >= 11 is 0. The average molecular weight is 350 g/mol. The van der Waals surface area contributed by atoms with Crippen LogP contribution in [0, 0.1) is 0 Å². The minimum Gasteiger partial charge on any atom is -0.496 e. The Bertz CT molecular complexity index is 889. The van der Waals surface area contributed by atoms with Gasteiger partial charge in [-0.05, 0) is 73.5 Å². The van der Waals surface area contributed by atoms with Gasteiger partial charge in [-0.1, -0.05) is 18.2 Å². The first-order valence-corrected chi connectivity index (χ1v) is 9.38. The van der Waals surface area contributed by atoms with E-state index < -0.39 is 0 Å². The summed E-state index contributed by atoms with van der Waals surface area (Å²) in [4.78, 5) is 2.45. The van der Waals surface area contributed by atoms with Crippen molar-refractivity contribution in [2.45, 2.75) is 31.6 Å². The van der Waals surface area contributed by atoms with Crippen LogP contribution in [-0.2, 0) is 12.8 Å². The molecule has 0 saturated heterocycles. The number of hydrogen-bond acceptors (Lipinski definition) is 4. The quantitative estimate of drug-likeness (QED) is 0.738. The fourth-order valence-corrected chi connectivity index (χ4v) is 4.12. The van der Waals surface area contributed by atoms with Crippen LogP contribution in [-0.4, -0.2) is 47.6 Å². The number of methoxy groups -OCH3 is 1. The highest BCUT2D eigenvalue weighted by Gasteiger charge is 2.23. The fraction of sp³-hybridized carbons (Fsp3) is 0.429. The number of fused-ring (bicyclic) bond motifs is 2. The number of aromatic nitrogens is 3. The number of ether oxygens (including phenoxy) is 1. The Morgan fingerprint density at radius 2 is 2.08 bits per heavy atom. The number of rotatable bonds is 6. The normalized spacial score (nSPS) is 16.8. The maximum atomic E-state index is 5.57. The fourth-order valence-electron chi connectivity index (χ4n) is 4.12. The summed E-state index contributed by atoms with van der Waals surface area (Å²) in [5, 5.41) is 11.0. The molecule has 1 heterocycles. The average Bonchev–Trinajstić information content (AvgIpc) is 3.14. The molecule has 1 N–H and O–H groups in total. The monoisotopic (exact) mass is 350 g/mol. The molecule has 1 aliphatic rings. The van der Waals surface area contributed by atoms with Crippen LogP contribution in [0.1, 0.15) is 35.4 Å². The van der Waals surface area contributed by atoms with E-state index >= 15 is 0 Å². The molecule has 1 atom stereocenters. The van der Waals surface area contributed by atoms with Gasteiger partial charge in [0, 0.05) is 13.1 Å². The summed E-state index contributed by atoms with van der Waals surface area (Å²) < 4.78 is 5.57. The highest BCUT2D eigenvalue weighted by atomic mass is 16.5. The zero-order valence-corrected chi connectivity index (χ0v) is 15.5. The zero-order chi connectivity index (χ0) is 17.9. The highest BCUT2D eigenvalue weighted by Crippen LogP contribution is 2.36. The highest BCUT2D eigenvalue weighted by molar-refractivity contribution is 5.74. The summed E-state index contributed by atoms with van der Waals surface area (Å²) in [5.41, 5.74) is 6.07. The van der Waals surface area contributed by atoms with Crippen molar-refractivity contribution in [3.05, 3.63) is 53.1 Å². The second-order valence-corrected chi connectivity index (χ2v) is 7.28. The van der Waals surface area contributed by atoms with Crippen LogP contribution in [0.25, 0.3) is 11.0 Å². The van der Waals surface area contributed by atoms with Crippen LogP contribution in [0.4, 0.5) is 0 Å². The molecule has 5 heteroatoms. The second kappa shape index (κ2) is 7.46. The van der Waals surface area contributed by atoms with Crippen LogP contribution in [0.5, 0.6) is 5.75 Å². The summed E-state index contributed by atoms with van der Waals surface area (Å²) in [7, 11) is 4.00. The Morgan fingerprint density at radius 3 is 2.96 bits per heavy atom. The van der Waals surface area contributed by atoms with Crippen molar-refractivity contribution in [2.75, 3.05) is 27.2 Å². The number of hydrogen-bond donors (Lipinski definition) is 1. The molecular weight excluding hydrogens is 324 g/mol. The molecule has 2 aromatic carbocycles. The Hall–Kier alpha value is -2.40. The van der Waals surface area contributed by atoms with Gasteiger partial charge in [-0.3, -0.25) is 0 Å². The van der Waals surface area contributed by atoms with Crippen molar-refractivity contribution in [3.8, 4) is 5.75 Å². The lowest BCUT2D eigenvalue weighted by molar-refractivity contribution is 0.299. The number of benzene rings is 2. The van der Waals surface area contributed by atoms with Crippen LogP contribution < -0.4 is 4.74 Å². The van der Waals surface area contributed by atoms with Crippen LogP contribution in [0.3, 0.4) is 0 Å². The lowest BCUT2D eigenvalue weighted by Crippen LogP contribution is -2.28. The molecule has 136 valence electrons. The number of nitrogens with one attached hydrogen (secondary N) is 1. The molecule has 1 aliphatic carbocycles. The predicted octanol–water partition coefficient (Wildman–Crippen LogP) is 3.56. The molecule has 5 nitrogen and oxygen atoms in total. The topological polar surface area (TPSA) is 54.0 Å². The molecule has 26 heavy (non-hydrogen) atoms. The van der Waals surface area contributed by atoms with E-state index in [1.165, 1.54) is 29.5 Å². The van der Waals surface area contributed by atoms with E-state index in [9.17, 15) is 0 Å². The van der Waals surface area contributed by atoms with Gasteiger partial charge in [0.15, 0.2) is 0 Å². The van der Waals surface area contributed by atoms with Gasteiger partial charge < -0.3 is 9.64 Å². The molecule has 1 aromatic heterocycles. The van der Waals surface area contributed by atoms with Gasteiger partial charge in [-0.2, -0.15) is 15.4 Å². The first-order valence-electron chi connectivity index (χ1n) is 9.38. The van der Waals surface area contributed by atoms with Gasteiger partial charge in [0.1, 0.15) is 16.8 Å². The van der Waals surface area contributed by atoms with Gasteiger partial charge in [0.2, 0.25) is 0 Å². The molecular formula is C21H26N4O. The maximum absolute atomic E-state index is 5.57. The van der Waals surface area contributed by atoms with Crippen molar-refractivity contribution in [1.82, 2.24) is 20.3 Å².